The summed E-state index contributed by atoms with van der Waals surface area (Å²) in [5, 5.41) is 3.42. The molecule has 1 fully saturated rings. The smallest absolute Gasteiger partial charge is 0.0478 e. The van der Waals surface area contributed by atoms with Crippen molar-refractivity contribution in [3.8, 4) is 0 Å². The lowest BCUT2D eigenvalue weighted by Crippen LogP contribution is -2.24. The summed E-state index contributed by atoms with van der Waals surface area (Å²) in [6.07, 6.45) is 3.42. The minimum atomic E-state index is 0.126. The lowest BCUT2D eigenvalue weighted by molar-refractivity contribution is 0.671. The van der Waals surface area contributed by atoms with Gasteiger partial charge in [0.2, 0.25) is 0 Å². The molecule has 0 bridgehead atoms. The van der Waals surface area contributed by atoms with Gasteiger partial charge in [-0.2, -0.15) is 0 Å². The fourth-order valence-electron chi connectivity index (χ4n) is 2.03. The molecule has 2 aliphatic rings. The van der Waals surface area contributed by atoms with Crippen molar-refractivity contribution in [1.29, 1.82) is 0 Å². The Balaban J connectivity index is 1.84. The third kappa shape index (κ3) is 1.99. The van der Waals surface area contributed by atoms with E-state index in [2.05, 4.69) is 23.5 Å². The molecule has 80 valence electrons. The quantitative estimate of drug-likeness (QED) is 0.802. The predicted molar refractivity (Wildman–Crippen MR) is 65.5 cm³/mol. The van der Waals surface area contributed by atoms with Crippen molar-refractivity contribution in [1.82, 2.24) is 0 Å². The Morgan fingerprint density at radius 1 is 1.40 bits per heavy atom. The molecule has 0 atom stereocenters. The Labute approximate surface area is 94.6 Å². The Hall–Kier alpha value is -0.670. The van der Waals surface area contributed by atoms with Crippen LogP contribution in [0.4, 0.5) is 5.69 Å². The maximum Gasteiger partial charge on any atom is 0.0478 e. The van der Waals surface area contributed by atoms with Crippen LogP contribution in [0.1, 0.15) is 18.4 Å². The number of nitrogens with two attached hydrogens (primary N) is 1. The van der Waals surface area contributed by atoms with Crippen LogP contribution in [0.3, 0.4) is 0 Å². The summed E-state index contributed by atoms with van der Waals surface area (Å²) < 4.78 is 0. The number of hydrogen-bond donors (Lipinski definition) is 2. The van der Waals surface area contributed by atoms with Crippen LogP contribution in [0.5, 0.6) is 0 Å². The summed E-state index contributed by atoms with van der Waals surface area (Å²) in [5.74, 6) is 1.17. The van der Waals surface area contributed by atoms with Crippen LogP contribution in [-0.2, 0) is 6.42 Å². The average molecular weight is 220 g/mol. The zero-order valence-corrected chi connectivity index (χ0v) is 9.57. The van der Waals surface area contributed by atoms with Crippen LogP contribution < -0.4 is 11.1 Å². The van der Waals surface area contributed by atoms with Crippen molar-refractivity contribution >= 4 is 17.4 Å². The van der Waals surface area contributed by atoms with E-state index in [1.807, 2.05) is 11.8 Å². The minimum Gasteiger partial charge on any atom is -0.383 e. The van der Waals surface area contributed by atoms with Crippen LogP contribution >= 0.6 is 11.8 Å². The standard InChI is InChI=1S/C12H16N2S/c13-12(3-4-12)8-9-1-2-10-11(7-9)15-6-5-14-10/h1-2,7,14H,3-6,8,13H2. The molecule has 0 unspecified atom stereocenters. The summed E-state index contributed by atoms with van der Waals surface area (Å²) >= 11 is 1.95. The van der Waals surface area contributed by atoms with E-state index in [4.69, 9.17) is 5.73 Å². The molecule has 0 radical (unpaired) electrons. The van der Waals surface area contributed by atoms with E-state index in [9.17, 15) is 0 Å². The molecule has 0 aromatic heterocycles. The summed E-state index contributed by atoms with van der Waals surface area (Å²) in [7, 11) is 0. The van der Waals surface area contributed by atoms with Gasteiger partial charge in [-0.1, -0.05) is 6.07 Å². The average Bonchev–Trinajstić information content (AvgIpc) is 2.96. The summed E-state index contributed by atoms with van der Waals surface area (Å²) in [6, 6.07) is 6.71. The summed E-state index contributed by atoms with van der Waals surface area (Å²) in [6.45, 7) is 1.08. The van der Waals surface area contributed by atoms with E-state index < -0.39 is 0 Å². The largest absolute Gasteiger partial charge is 0.383 e. The van der Waals surface area contributed by atoms with Gasteiger partial charge in [-0.25, -0.2) is 0 Å². The molecule has 3 rings (SSSR count). The summed E-state index contributed by atoms with van der Waals surface area (Å²) in [4.78, 5) is 1.39. The number of thioether (sulfide) groups is 1. The molecule has 1 aromatic rings. The third-order valence-electron chi connectivity index (χ3n) is 3.17. The summed E-state index contributed by atoms with van der Waals surface area (Å²) in [5.41, 5.74) is 8.94. The highest BCUT2D eigenvalue weighted by molar-refractivity contribution is 7.99. The first-order chi connectivity index (χ1) is 7.25. The highest BCUT2D eigenvalue weighted by Gasteiger charge is 2.38. The van der Waals surface area contributed by atoms with Gasteiger partial charge in [0.25, 0.3) is 0 Å². The fourth-order valence-corrected chi connectivity index (χ4v) is 2.99. The van der Waals surface area contributed by atoms with Crippen molar-refractivity contribution in [3.05, 3.63) is 23.8 Å². The van der Waals surface area contributed by atoms with E-state index in [1.165, 1.54) is 34.7 Å². The van der Waals surface area contributed by atoms with E-state index in [1.54, 1.807) is 0 Å². The lowest BCUT2D eigenvalue weighted by atomic mass is 10.0. The highest BCUT2D eigenvalue weighted by Crippen LogP contribution is 2.38. The van der Waals surface area contributed by atoms with Crippen molar-refractivity contribution in [3.63, 3.8) is 0 Å². The monoisotopic (exact) mass is 220 g/mol. The van der Waals surface area contributed by atoms with Crippen LogP contribution in [0.25, 0.3) is 0 Å². The van der Waals surface area contributed by atoms with Gasteiger partial charge in [-0.05, 0) is 37.0 Å². The maximum atomic E-state index is 6.13. The molecular formula is C12H16N2S. The van der Waals surface area contributed by atoms with Gasteiger partial charge in [-0.3, -0.25) is 0 Å². The van der Waals surface area contributed by atoms with Crippen molar-refractivity contribution in [2.24, 2.45) is 5.73 Å². The zero-order chi connectivity index (χ0) is 10.3. The van der Waals surface area contributed by atoms with Crippen LogP contribution in [0, 0.1) is 0 Å². The number of rotatable bonds is 2. The van der Waals surface area contributed by atoms with Crippen LogP contribution in [0.2, 0.25) is 0 Å². The van der Waals surface area contributed by atoms with E-state index in [-0.39, 0.29) is 5.54 Å². The first-order valence-corrected chi connectivity index (χ1v) is 6.52. The molecule has 1 aliphatic heterocycles. The minimum absolute atomic E-state index is 0.126. The van der Waals surface area contributed by atoms with Gasteiger partial charge in [0, 0.05) is 28.4 Å². The van der Waals surface area contributed by atoms with E-state index in [0.717, 1.165) is 13.0 Å². The molecule has 1 heterocycles. The SMILES string of the molecule is NC1(Cc2ccc3c(c2)SCCN3)CC1. The number of hydrogen-bond acceptors (Lipinski definition) is 3. The molecule has 1 aliphatic carbocycles. The first kappa shape index (κ1) is 9.55. The third-order valence-corrected chi connectivity index (χ3v) is 4.23. The van der Waals surface area contributed by atoms with Gasteiger partial charge in [0.15, 0.2) is 0 Å². The van der Waals surface area contributed by atoms with Crippen molar-refractivity contribution < 1.29 is 0 Å². The number of anilines is 1. The molecule has 3 heteroatoms. The Morgan fingerprint density at radius 3 is 3.07 bits per heavy atom. The second-order valence-electron chi connectivity index (χ2n) is 4.64. The van der Waals surface area contributed by atoms with Gasteiger partial charge < -0.3 is 11.1 Å². The molecule has 0 amide bonds. The molecular weight excluding hydrogens is 204 g/mol. The molecule has 3 N–H and O–H groups in total. The topological polar surface area (TPSA) is 38.0 Å². The van der Waals surface area contributed by atoms with E-state index >= 15 is 0 Å². The second kappa shape index (κ2) is 3.42. The molecule has 0 saturated heterocycles. The predicted octanol–water partition coefficient (Wildman–Crippen LogP) is 2.24. The maximum absolute atomic E-state index is 6.13. The molecule has 15 heavy (non-hydrogen) atoms. The number of nitrogens with one attached hydrogen (secondary N) is 1. The van der Waals surface area contributed by atoms with Gasteiger partial charge in [0.05, 0.1) is 0 Å². The number of fused-ring (bicyclic) bond motifs is 1. The Bertz CT molecular complexity index is 385. The molecule has 1 aromatic carbocycles. The van der Waals surface area contributed by atoms with Crippen LogP contribution in [0.15, 0.2) is 23.1 Å². The lowest BCUT2D eigenvalue weighted by Gasteiger charge is -2.19. The van der Waals surface area contributed by atoms with Gasteiger partial charge >= 0.3 is 0 Å². The fraction of sp³-hybridized carbons (Fsp3) is 0.500. The molecule has 0 spiro atoms. The van der Waals surface area contributed by atoms with Crippen molar-refractivity contribution in [2.45, 2.75) is 29.7 Å². The van der Waals surface area contributed by atoms with Gasteiger partial charge in [-0.15, -0.1) is 11.8 Å². The first-order valence-electron chi connectivity index (χ1n) is 5.54. The Morgan fingerprint density at radius 2 is 2.27 bits per heavy atom. The molecule has 2 nitrogen and oxygen atoms in total. The van der Waals surface area contributed by atoms with Crippen LogP contribution in [-0.4, -0.2) is 17.8 Å². The zero-order valence-electron chi connectivity index (χ0n) is 8.75. The Kier molecular flexibility index (Phi) is 2.18. The van der Waals surface area contributed by atoms with E-state index in [0.29, 0.717) is 0 Å². The second-order valence-corrected chi connectivity index (χ2v) is 5.78. The van der Waals surface area contributed by atoms with Gasteiger partial charge in [0.1, 0.15) is 0 Å². The number of benzene rings is 1. The van der Waals surface area contributed by atoms with Crippen molar-refractivity contribution in [2.75, 3.05) is 17.6 Å². The normalized spacial score (nSPS) is 21.7. The molecule has 1 saturated carbocycles. The highest BCUT2D eigenvalue weighted by atomic mass is 32.2.